The molecule has 90 valence electrons. The highest BCUT2D eigenvalue weighted by Gasteiger charge is 2.07. The number of benzene rings is 1. The van der Waals surface area contributed by atoms with Gasteiger partial charge in [0.1, 0.15) is 5.82 Å². The number of hydrogen-bond donors (Lipinski definition) is 2. The summed E-state index contributed by atoms with van der Waals surface area (Å²) in [6.45, 7) is 6.37. The first-order valence-corrected chi connectivity index (χ1v) is 5.90. The van der Waals surface area contributed by atoms with Crippen molar-refractivity contribution in [3.63, 3.8) is 0 Å². The predicted molar refractivity (Wildman–Crippen MR) is 66.3 cm³/mol. The summed E-state index contributed by atoms with van der Waals surface area (Å²) in [4.78, 5) is 0. The van der Waals surface area contributed by atoms with Crippen LogP contribution in [0.4, 0.5) is 4.39 Å². The van der Waals surface area contributed by atoms with Crippen LogP contribution in [-0.4, -0.2) is 19.1 Å². The van der Waals surface area contributed by atoms with Crippen LogP contribution < -0.4 is 10.6 Å². The summed E-state index contributed by atoms with van der Waals surface area (Å²) >= 11 is 5.92. The first-order chi connectivity index (χ1) is 7.65. The number of rotatable bonds is 6. The zero-order valence-electron chi connectivity index (χ0n) is 9.69. The lowest BCUT2D eigenvalue weighted by Gasteiger charge is -2.15. The van der Waals surface area contributed by atoms with E-state index in [0.29, 0.717) is 17.1 Å². The zero-order chi connectivity index (χ0) is 12.0. The van der Waals surface area contributed by atoms with Crippen LogP contribution in [-0.2, 0) is 6.54 Å². The van der Waals surface area contributed by atoms with Crippen LogP contribution >= 0.6 is 11.6 Å². The van der Waals surface area contributed by atoms with E-state index < -0.39 is 0 Å². The lowest BCUT2D eigenvalue weighted by atomic mass is 10.2. The van der Waals surface area contributed by atoms with Gasteiger partial charge in [0.05, 0.1) is 0 Å². The Bertz CT molecular complexity index is 311. The molecule has 0 fully saturated rings. The van der Waals surface area contributed by atoms with Gasteiger partial charge in [0.25, 0.3) is 0 Å². The molecule has 0 saturated heterocycles. The molecule has 1 rings (SSSR count). The summed E-state index contributed by atoms with van der Waals surface area (Å²) in [5, 5.41) is 6.93. The van der Waals surface area contributed by atoms with E-state index in [-0.39, 0.29) is 11.9 Å². The third-order valence-corrected chi connectivity index (χ3v) is 2.74. The highest BCUT2D eigenvalue weighted by molar-refractivity contribution is 6.31. The monoisotopic (exact) mass is 244 g/mol. The van der Waals surface area contributed by atoms with Gasteiger partial charge in [-0.05, 0) is 25.6 Å². The normalized spacial score (nSPS) is 12.8. The van der Waals surface area contributed by atoms with E-state index in [4.69, 9.17) is 11.6 Å². The molecule has 0 radical (unpaired) electrons. The van der Waals surface area contributed by atoms with Crippen molar-refractivity contribution in [2.45, 2.75) is 26.4 Å². The molecule has 1 atom stereocenters. The molecule has 1 aromatic carbocycles. The van der Waals surface area contributed by atoms with Gasteiger partial charge >= 0.3 is 0 Å². The minimum atomic E-state index is -0.254. The van der Waals surface area contributed by atoms with Crippen molar-refractivity contribution in [1.82, 2.24) is 10.6 Å². The SMILES string of the molecule is CCNCC(C)NCc1c(F)cccc1Cl. The van der Waals surface area contributed by atoms with E-state index in [1.165, 1.54) is 6.07 Å². The molecular formula is C12H18ClFN2. The molecule has 0 bridgehead atoms. The maximum absolute atomic E-state index is 13.4. The fourth-order valence-corrected chi connectivity index (χ4v) is 1.64. The minimum absolute atomic E-state index is 0.254. The molecule has 4 heteroatoms. The molecule has 1 aromatic rings. The summed E-state index contributed by atoms with van der Waals surface area (Å²) in [7, 11) is 0. The van der Waals surface area contributed by atoms with Gasteiger partial charge in [0, 0.05) is 29.7 Å². The van der Waals surface area contributed by atoms with Gasteiger partial charge in [-0.1, -0.05) is 24.6 Å². The summed E-state index contributed by atoms with van der Waals surface area (Å²) in [5.41, 5.74) is 0.535. The number of nitrogens with one attached hydrogen (secondary N) is 2. The quantitative estimate of drug-likeness (QED) is 0.804. The largest absolute Gasteiger partial charge is 0.315 e. The molecule has 0 saturated carbocycles. The molecule has 2 nitrogen and oxygen atoms in total. The second-order valence-corrected chi connectivity index (χ2v) is 4.20. The van der Waals surface area contributed by atoms with Gasteiger partial charge in [0.2, 0.25) is 0 Å². The lowest BCUT2D eigenvalue weighted by molar-refractivity contribution is 0.498. The number of halogens is 2. The standard InChI is InChI=1S/C12H18ClFN2/c1-3-15-7-9(2)16-8-10-11(13)5-4-6-12(10)14/h4-6,9,15-16H,3,7-8H2,1-2H3. The Labute approximate surface area is 101 Å². The summed E-state index contributed by atoms with van der Waals surface area (Å²) in [6.07, 6.45) is 0. The van der Waals surface area contributed by atoms with E-state index in [1.807, 2.05) is 0 Å². The fourth-order valence-electron chi connectivity index (χ4n) is 1.41. The maximum atomic E-state index is 13.4. The number of hydrogen-bond acceptors (Lipinski definition) is 2. The molecule has 0 aliphatic carbocycles. The summed E-state index contributed by atoms with van der Waals surface area (Å²) in [6, 6.07) is 5.04. The second-order valence-electron chi connectivity index (χ2n) is 3.79. The topological polar surface area (TPSA) is 24.1 Å². The highest BCUT2D eigenvalue weighted by atomic mass is 35.5. The average molecular weight is 245 g/mol. The molecule has 0 heterocycles. The van der Waals surface area contributed by atoms with E-state index in [0.717, 1.165) is 13.1 Å². The van der Waals surface area contributed by atoms with Crippen LogP contribution in [0.5, 0.6) is 0 Å². The average Bonchev–Trinajstić information content (AvgIpc) is 2.25. The molecule has 16 heavy (non-hydrogen) atoms. The maximum Gasteiger partial charge on any atom is 0.129 e. The van der Waals surface area contributed by atoms with Crippen molar-refractivity contribution in [2.75, 3.05) is 13.1 Å². The van der Waals surface area contributed by atoms with Gasteiger partial charge in [-0.15, -0.1) is 0 Å². The molecule has 0 aliphatic heterocycles. The van der Waals surface area contributed by atoms with Crippen molar-refractivity contribution in [2.24, 2.45) is 0 Å². The first-order valence-electron chi connectivity index (χ1n) is 5.52. The molecule has 0 aliphatic rings. The van der Waals surface area contributed by atoms with Gasteiger partial charge < -0.3 is 10.6 Å². The lowest BCUT2D eigenvalue weighted by Crippen LogP contribution is -2.36. The van der Waals surface area contributed by atoms with Crippen molar-refractivity contribution in [3.05, 3.63) is 34.6 Å². The van der Waals surface area contributed by atoms with Crippen LogP contribution in [0.3, 0.4) is 0 Å². The first kappa shape index (κ1) is 13.4. The van der Waals surface area contributed by atoms with Gasteiger partial charge in [-0.25, -0.2) is 4.39 Å². The zero-order valence-corrected chi connectivity index (χ0v) is 10.4. The van der Waals surface area contributed by atoms with E-state index in [9.17, 15) is 4.39 Å². The highest BCUT2D eigenvalue weighted by Crippen LogP contribution is 2.18. The van der Waals surface area contributed by atoms with E-state index in [1.54, 1.807) is 12.1 Å². The van der Waals surface area contributed by atoms with Crippen LogP contribution in [0.15, 0.2) is 18.2 Å². The van der Waals surface area contributed by atoms with Crippen LogP contribution in [0.1, 0.15) is 19.4 Å². The Kier molecular flexibility index (Phi) is 5.74. The molecule has 0 spiro atoms. The molecule has 2 N–H and O–H groups in total. The second kappa shape index (κ2) is 6.84. The van der Waals surface area contributed by atoms with Crippen molar-refractivity contribution >= 4 is 11.6 Å². The Morgan fingerprint density at radius 1 is 1.44 bits per heavy atom. The third-order valence-electron chi connectivity index (χ3n) is 2.39. The van der Waals surface area contributed by atoms with E-state index in [2.05, 4.69) is 24.5 Å². The Hall–Kier alpha value is -0.640. The Morgan fingerprint density at radius 2 is 2.19 bits per heavy atom. The number of likely N-dealkylation sites (N-methyl/N-ethyl adjacent to an activating group) is 1. The van der Waals surface area contributed by atoms with Crippen molar-refractivity contribution < 1.29 is 4.39 Å². The molecule has 0 amide bonds. The van der Waals surface area contributed by atoms with Gasteiger partial charge in [-0.3, -0.25) is 0 Å². The van der Waals surface area contributed by atoms with E-state index >= 15 is 0 Å². The third kappa shape index (κ3) is 4.08. The smallest absolute Gasteiger partial charge is 0.129 e. The van der Waals surface area contributed by atoms with Crippen LogP contribution in [0.25, 0.3) is 0 Å². The fraction of sp³-hybridized carbons (Fsp3) is 0.500. The summed E-state index contributed by atoms with van der Waals surface area (Å²) in [5.74, 6) is -0.254. The minimum Gasteiger partial charge on any atom is -0.315 e. The van der Waals surface area contributed by atoms with Crippen LogP contribution in [0, 0.1) is 5.82 Å². The molecule has 0 aromatic heterocycles. The predicted octanol–water partition coefficient (Wildman–Crippen LogP) is 2.57. The molecule has 1 unspecified atom stereocenters. The van der Waals surface area contributed by atoms with Crippen molar-refractivity contribution in [1.29, 1.82) is 0 Å². The Balaban J connectivity index is 2.48. The van der Waals surface area contributed by atoms with Gasteiger partial charge in [-0.2, -0.15) is 0 Å². The molecular weight excluding hydrogens is 227 g/mol. The Morgan fingerprint density at radius 3 is 2.81 bits per heavy atom. The summed E-state index contributed by atoms with van der Waals surface area (Å²) < 4.78 is 13.4. The van der Waals surface area contributed by atoms with Gasteiger partial charge in [0.15, 0.2) is 0 Å². The van der Waals surface area contributed by atoms with Crippen LogP contribution in [0.2, 0.25) is 5.02 Å². The van der Waals surface area contributed by atoms with Crippen molar-refractivity contribution in [3.8, 4) is 0 Å².